The summed E-state index contributed by atoms with van der Waals surface area (Å²) >= 11 is 0. The van der Waals surface area contributed by atoms with Crippen LogP contribution in [0, 0.1) is 5.92 Å². The van der Waals surface area contributed by atoms with E-state index in [1.807, 2.05) is 0 Å². The third-order valence-corrected chi connectivity index (χ3v) is 4.49. The molecule has 1 aliphatic rings. The van der Waals surface area contributed by atoms with E-state index >= 15 is 0 Å². The lowest BCUT2D eigenvalue weighted by Crippen LogP contribution is -2.49. The quantitative estimate of drug-likeness (QED) is 0.330. The highest BCUT2D eigenvalue weighted by Crippen LogP contribution is 2.12. The van der Waals surface area contributed by atoms with E-state index in [9.17, 15) is 0 Å². The molecule has 1 saturated heterocycles. The molecule has 156 valence electrons. The number of aromatic nitrogens is 2. The Bertz CT molecular complexity index is 552. The summed E-state index contributed by atoms with van der Waals surface area (Å²) in [4.78, 5) is 11.6. The molecule has 0 amide bonds. The SMILES string of the molecule is CCNC(=NCCc1nc(C(C)C)no1)NC1CCN(CC(C)C)CC1.I. The number of guanidine groups is 1. The van der Waals surface area contributed by atoms with Gasteiger partial charge in [-0.25, -0.2) is 0 Å². The lowest BCUT2D eigenvalue weighted by atomic mass is 10.0. The maximum atomic E-state index is 5.28. The molecule has 0 aliphatic carbocycles. The van der Waals surface area contributed by atoms with Crippen molar-refractivity contribution >= 4 is 29.9 Å². The molecule has 7 nitrogen and oxygen atoms in total. The Morgan fingerprint density at radius 2 is 1.96 bits per heavy atom. The van der Waals surface area contributed by atoms with Gasteiger partial charge in [0.2, 0.25) is 5.89 Å². The molecule has 2 N–H and O–H groups in total. The van der Waals surface area contributed by atoms with Crippen molar-refractivity contribution in [2.24, 2.45) is 10.9 Å². The van der Waals surface area contributed by atoms with Gasteiger partial charge >= 0.3 is 0 Å². The van der Waals surface area contributed by atoms with Gasteiger partial charge in [0, 0.05) is 44.6 Å². The van der Waals surface area contributed by atoms with E-state index in [0.717, 1.165) is 37.3 Å². The molecule has 0 aromatic carbocycles. The predicted molar refractivity (Wildman–Crippen MR) is 121 cm³/mol. The molecule has 1 aromatic heterocycles. The van der Waals surface area contributed by atoms with Gasteiger partial charge in [0.15, 0.2) is 11.8 Å². The van der Waals surface area contributed by atoms with Crippen LogP contribution in [0.5, 0.6) is 0 Å². The fourth-order valence-electron chi connectivity index (χ4n) is 3.16. The van der Waals surface area contributed by atoms with Gasteiger partial charge in [-0.15, -0.1) is 24.0 Å². The van der Waals surface area contributed by atoms with Crippen LogP contribution in [0.1, 0.15) is 65.1 Å². The summed E-state index contributed by atoms with van der Waals surface area (Å²) in [5, 5.41) is 10.9. The van der Waals surface area contributed by atoms with E-state index in [2.05, 4.69) is 65.3 Å². The van der Waals surface area contributed by atoms with Crippen LogP contribution in [-0.2, 0) is 6.42 Å². The van der Waals surface area contributed by atoms with Crippen molar-refractivity contribution in [2.75, 3.05) is 32.7 Å². The Hall–Kier alpha value is -0.900. The van der Waals surface area contributed by atoms with Gasteiger partial charge in [0.25, 0.3) is 0 Å². The van der Waals surface area contributed by atoms with Gasteiger partial charge < -0.3 is 20.1 Å². The Morgan fingerprint density at radius 1 is 1.26 bits per heavy atom. The van der Waals surface area contributed by atoms with Crippen molar-refractivity contribution in [1.29, 1.82) is 0 Å². The van der Waals surface area contributed by atoms with Gasteiger partial charge in [-0.3, -0.25) is 4.99 Å². The van der Waals surface area contributed by atoms with Crippen molar-refractivity contribution in [1.82, 2.24) is 25.7 Å². The zero-order chi connectivity index (χ0) is 18.9. The number of nitrogens with one attached hydrogen (secondary N) is 2. The molecule has 1 aromatic rings. The summed E-state index contributed by atoms with van der Waals surface area (Å²) in [6, 6.07) is 0.493. The van der Waals surface area contributed by atoms with Crippen LogP contribution >= 0.6 is 24.0 Å². The van der Waals surface area contributed by atoms with Crippen LogP contribution in [0.2, 0.25) is 0 Å². The highest BCUT2D eigenvalue weighted by Gasteiger charge is 2.20. The standard InChI is InChI=1S/C19H36N6O.HI/c1-6-20-19(21-10-7-17-23-18(15(4)5)24-26-17)22-16-8-11-25(12-9-16)13-14(2)3;/h14-16H,6-13H2,1-5H3,(H2,20,21,22);1H. The molecular formula is C19H37IN6O. The highest BCUT2D eigenvalue weighted by molar-refractivity contribution is 14.0. The summed E-state index contributed by atoms with van der Waals surface area (Å²) in [6.07, 6.45) is 3.00. The molecule has 0 unspecified atom stereocenters. The van der Waals surface area contributed by atoms with Gasteiger partial charge in [0.05, 0.1) is 6.54 Å². The van der Waals surface area contributed by atoms with Gasteiger partial charge in [-0.2, -0.15) is 4.98 Å². The average Bonchev–Trinajstić information content (AvgIpc) is 3.05. The molecule has 1 aliphatic heterocycles. The number of likely N-dealkylation sites (tertiary alicyclic amines) is 1. The Balaban J connectivity index is 0.00000364. The second-order valence-corrected chi connectivity index (χ2v) is 7.82. The minimum Gasteiger partial charge on any atom is -0.357 e. The molecule has 0 bridgehead atoms. The second kappa shape index (κ2) is 12.5. The molecule has 0 saturated carbocycles. The van der Waals surface area contributed by atoms with E-state index in [1.54, 1.807) is 0 Å². The number of nitrogens with zero attached hydrogens (tertiary/aromatic N) is 4. The minimum atomic E-state index is 0. The van der Waals surface area contributed by atoms with Gasteiger partial charge in [-0.05, 0) is 25.7 Å². The monoisotopic (exact) mass is 492 g/mol. The van der Waals surface area contributed by atoms with Crippen LogP contribution < -0.4 is 10.6 Å². The molecule has 27 heavy (non-hydrogen) atoms. The van der Waals surface area contributed by atoms with Crippen LogP contribution in [0.3, 0.4) is 0 Å². The average molecular weight is 492 g/mol. The van der Waals surface area contributed by atoms with E-state index in [1.165, 1.54) is 19.4 Å². The number of rotatable bonds is 8. The van der Waals surface area contributed by atoms with E-state index in [0.29, 0.717) is 24.9 Å². The zero-order valence-corrected chi connectivity index (χ0v) is 19.8. The maximum absolute atomic E-state index is 5.28. The van der Waals surface area contributed by atoms with Gasteiger partial charge in [0.1, 0.15) is 0 Å². The Morgan fingerprint density at radius 3 is 2.52 bits per heavy atom. The minimum absolute atomic E-state index is 0. The van der Waals surface area contributed by atoms with E-state index in [-0.39, 0.29) is 29.9 Å². The third kappa shape index (κ3) is 8.76. The van der Waals surface area contributed by atoms with Crippen molar-refractivity contribution in [2.45, 2.75) is 65.8 Å². The maximum Gasteiger partial charge on any atom is 0.228 e. The summed E-state index contributed by atoms with van der Waals surface area (Å²) in [6.45, 7) is 15.8. The first kappa shape index (κ1) is 24.1. The normalized spacial score (nSPS) is 16.6. The molecule has 2 rings (SSSR count). The highest BCUT2D eigenvalue weighted by atomic mass is 127. The smallest absolute Gasteiger partial charge is 0.228 e. The Labute approximate surface area is 181 Å². The van der Waals surface area contributed by atoms with E-state index < -0.39 is 0 Å². The molecule has 8 heteroatoms. The molecule has 0 radical (unpaired) electrons. The zero-order valence-electron chi connectivity index (χ0n) is 17.5. The summed E-state index contributed by atoms with van der Waals surface area (Å²) in [5.74, 6) is 3.34. The Kier molecular flexibility index (Phi) is 11.2. The molecule has 1 fully saturated rings. The lowest BCUT2D eigenvalue weighted by Gasteiger charge is -2.34. The van der Waals surface area contributed by atoms with Crippen molar-refractivity contribution in [3.63, 3.8) is 0 Å². The summed E-state index contributed by atoms with van der Waals surface area (Å²) in [7, 11) is 0. The fraction of sp³-hybridized carbons (Fsp3) is 0.842. The van der Waals surface area contributed by atoms with E-state index in [4.69, 9.17) is 4.52 Å². The van der Waals surface area contributed by atoms with Crippen molar-refractivity contribution < 1.29 is 4.52 Å². The number of halogens is 1. The van der Waals surface area contributed by atoms with Crippen LogP contribution in [-0.4, -0.2) is 59.8 Å². The first-order valence-electron chi connectivity index (χ1n) is 10.1. The van der Waals surface area contributed by atoms with Gasteiger partial charge in [-0.1, -0.05) is 32.9 Å². The molecule has 0 spiro atoms. The molecule has 2 heterocycles. The number of hydrogen-bond donors (Lipinski definition) is 2. The molecule has 0 atom stereocenters. The van der Waals surface area contributed by atoms with Crippen molar-refractivity contribution in [3.8, 4) is 0 Å². The molecular weight excluding hydrogens is 455 g/mol. The number of piperidine rings is 1. The van der Waals surface area contributed by atoms with Crippen molar-refractivity contribution in [3.05, 3.63) is 11.7 Å². The third-order valence-electron chi connectivity index (χ3n) is 4.49. The summed E-state index contributed by atoms with van der Waals surface area (Å²) < 4.78 is 5.28. The van der Waals surface area contributed by atoms with Crippen LogP contribution in [0.4, 0.5) is 0 Å². The van der Waals surface area contributed by atoms with Crippen LogP contribution in [0.25, 0.3) is 0 Å². The first-order chi connectivity index (χ1) is 12.5. The first-order valence-corrected chi connectivity index (χ1v) is 10.1. The predicted octanol–water partition coefficient (Wildman–Crippen LogP) is 3.03. The summed E-state index contributed by atoms with van der Waals surface area (Å²) in [5.41, 5.74) is 0. The largest absolute Gasteiger partial charge is 0.357 e. The number of hydrogen-bond acceptors (Lipinski definition) is 5. The number of aliphatic imine (C=N–C) groups is 1. The van der Waals surface area contributed by atoms with Crippen LogP contribution in [0.15, 0.2) is 9.52 Å². The fourth-order valence-corrected chi connectivity index (χ4v) is 3.16. The topological polar surface area (TPSA) is 78.6 Å². The lowest BCUT2D eigenvalue weighted by molar-refractivity contribution is 0.187. The second-order valence-electron chi connectivity index (χ2n) is 7.82.